The van der Waals surface area contributed by atoms with Crippen molar-refractivity contribution in [3.05, 3.63) is 59.5 Å². The van der Waals surface area contributed by atoms with E-state index < -0.39 is 0 Å². The smallest absolute Gasteiger partial charge is 0.123 e. The van der Waals surface area contributed by atoms with Gasteiger partial charge in [-0.15, -0.1) is 0 Å². The molecule has 0 fully saturated rings. The van der Waals surface area contributed by atoms with E-state index in [0.717, 1.165) is 22.3 Å². The molecule has 0 amide bonds. The van der Waals surface area contributed by atoms with Crippen LogP contribution >= 0.6 is 0 Å². The highest BCUT2D eigenvalue weighted by Gasteiger charge is 2.10. The van der Waals surface area contributed by atoms with E-state index in [-0.39, 0.29) is 5.82 Å². The largest absolute Gasteiger partial charge is 0.358 e. The average Bonchev–Trinajstić information content (AvgIpc) is 2.66. The molecule has 0 radical (unpaired) electrons. The van der Waals surface area contributed by atoms with E-state index in [2.05, 4.69) is 30.1 Å². The van der Waals surface area contributed by atoms with Crippen LogP contribution in [0, 0.1) is 19.7 Å². The first-order chi connectivity index (χ1) is 8.65. The predicted molar refractivity (Wildman–Crippen MR) is 73.2 cm³/mol. The Balaban J connectivity index is 2.30. The lowest BCUT2D eigenvalue weighted by Gasteiger charge is -2.02. The number of halogens is 1. The van der Waals surface area contributed by atoms with Gasteiger partial charge in [-0.3, -0.25) is 0 Å². The molecule has 0 aliphatic rings. The second kappa shape index (κ2) is 3.98. The quantitative estimate of drug-likeness (QED) is 0.639. The first-order valence-electron chi connectivity index (χ1n) is 6.00. The molecule has 0 aliphatic carbocycles. The number of aromatic nitrogens is 1. The molecule has 0 bridgehead atoms. The van der Waals surface area contributed by atoms with Crippen LogP contribution in [0.4, 0.5) is 4.39 Å². The molecular weight excluding hydrogens is 225 g/mol. The molecule has 2 aromatic carbocycles. The van der Waals surface area contributed by atoms with Crippen molar-refractivity contribution >= 4 is 10.9 Å². The van der Waals surface area contributed by atoms with E-state index in [1.54, 1.807) is 0 Å². The lowest BCUT2D eigenvalue weighted by Crippen LogP contribution is -1.81. The van der Waals surface area contributed by atoms with E-state index >= 15 is 0 Å². The number of benzene rings is 2. The number of hydrogen-bond acceptors (Lipinski definition) is 0. The van der Waals surface area contributed by atoms with Gasteiger partial charge in [0.2, 0.25) is 0 Å². The SMILES string of the molecule is Cc1ccc2[nH]c(C)c(-c3ccc(F)cc3)c2c1. The van der Waals surface area contributed by atoms with Gasteiger partial charge in [0, 0.05) is 22.2 Å². The Morgan fingerprint density at radius 3 is 2.39 bits per heavy atom. The van der Waals surface area contributed by atoms with Gasteiger partial charge in [0.1, 0.15) is 5.82 Å². The molecule has 0 saturated carbocycles. The highest BCUT2D eigenvalue weighted by Crippen LogP contribution is 2.32. The molecule has 90 valence electrons. The fourth-order valence-electron chi connectivity index (χ4n) is 2.43. The van der Waals surface area contributed by atoms with Crippen molar-refractivity contribution in [2.24, 2.45) is 0 Å². The van der Waals surface area contributed by atoms with E-state index in [0.29, 0.717) is 0 Å². The Bertz CT molecular complexity index is 708. The predicted octanol–water partition coefficient (Wildman–Crippen LogP) is 4.59. The minimum absolute atomic E-state index is 0.201. The topological polar surface area (TPSA) is 15.8 Å². The standard InChI is InChI=1S/C16H14FN/c1-10-3-8-15-14(9-10)16(11(2)18-15)12-4-6-13(17)7-5-12/h3-9,18H,1-2H3. The summed E-state index contributed by atoms with van der Waals surface area (Å²) in [6, 6.07) is 13.0. The van der Waals surface area contributed by atoms with Crippen LogP contribution in [0.25, 0.3) is 22.0 Å². The molecular formula is C16H14FN. The van der Waals surface area contributed by atoms with Crippen molar-refractivity contribution in [3.8, 4) is 11.1 Å². The maximum absolute atomic E-state index is 13.0. The van der Waals surface area contributed by atoms with E-state index in [9.17, 15) is 4.39 Å². The second-order valence-electron chi connectivity index (χ2n) is 4.68. The Hall–Kier alpha value is -2.09. The Morgan fingerprint density at radius 2 is 1.67 bits per heavy atom. The van der Waals surface area contributed by atoms with E-state index in [4.69, 9.17) is 0 Å². The van der Waals surface area contributed by atoms with Gasteiger partial charge in [-0.2, -0.15) is 0 Å². The number of H-pyrrole nitrogens is 1. The zero-order valence-corrected chi connectivity index (χ0v) is 10.4. The van der Waals surface area contributed by atoms with Gasteiger partial charge in [0.25, 0.3) is 0 Å². The highest BCUT2D eigenvalue weighted by atomic mass is 19.1. The van der Waals surface area contributed by atoms with Crippen LogP contribution in [-0.2, 0) is 0 Å². The monoisotopic (exact) mass is 239 g/mol. The maximum atomic E-state index is 13.0. The minimum atomic E-state index is -0.201. The van der Waals surface area contributed by atoms with Crippen molar-refractivity contribution in [2.75, 3.05) is 0 Å². The van der Waals surface area contributed by atoms with Crippen molar-refractivity contribution < 1.29 is 4.39 Å². The summed E-state index contributed by atoms with van der Waals surface area (Å²) in [4.78, 5) is 3.37. The van der Waals surface area contributed by atoms with Gasteiger partial charge in [-0.1, -0.05) is 23.8 Å². The van der Waals surface area contributed by atoms with Gasteiger partial charge in [0.05, 0.1) is 0 Å². The second-order valence-corrected chi connectivity index (χ2v) is 4.68. The Morgan fingerprint density at radius 1 is 0.944 bits per heavy atom. The van der Waals surface area contributed by atoms with Gasteiger partial charge in [0.15, 0.2) is 0 Å². The number of hydrogen-bond donors (Lipinski definition) is 1. The van der Waals surface area contributed by atoms with Crippen molar-refractivity contribution in [1.29, 1.82) is 0 Å². The molecule has 0 spiro atoms. The molecule has 1 nitrogen and oxygen atoms in total. The molecule has 3 rings (SSSR count). The zero-order chi connectivity index (χ0) is 12.7. The third-order valence-corrected chi connectivity index (χ3v) is 3.27. The van der Waals surface area contributed by atoms with Crippen LogP contribution in [0.1, 0.15) is 11.3 Å². The summed E-state index contributed by atoms with van der Waals surface area (Å²) in [5.74, 6) is -0.201. The van der Waals surface area contributed by atoms with Gasteiger partial charge >= 0.3 is 0 Å². The van der Waals surface area contributed by atoms with Gasteiger partial charge < -0.3 is 4.98 Å². The fourth-order valence-corrected chi connectivity index (χ4v) is 2.43. The number of aryl methyl sites for hydroxylation is 2. The number of fused-ring (bicyclic) bond motifs is 1. The van der Waals surface area contributed by atoms with Crippen LogP contribution in [0.3, 0.4) is 0 Å². The zero-order valence-electron chi connectivity index (χ0n) is 10.4. The van der Waals surface area contributed by atoms with E-state index in [1.807, 2.05) is 19.1 Å². The summed E-state index contributed by atoms with van der Waals surface area (Å²) in [6.45, 7) is 4.13. The number of nitrogens with one attached hydrogen (secondary N) is 1. The molecule has 1 aromatic heterocycles. The highest BCUT2D eigenvalue weighted by molar-refractivity contribution is 5.97. The molecule has 0 aliphatic heterocycles. The summed E-state index contributed by atoms with van der Waals surface area (Å²) in [6.07, 6.45) is 0. The molecule has 0 atom stereocenters. The number of rotatable bonds is 1. The third kappa shape index (κ3) is 1.70. The van der Waals surface area contributed by atoms with Crippen LogP contribution in [-0.4, -0.2) is 4.98 Å². The lowest BCUT2D eigenvalue weighted by molar-refractivity contribution is 0.628. The third-order valence-electron chi connectivity index (χ3n) is 3.27. The molecule has 0 unspecified atom stereocenters. The molecule has 3 aromatic rings. The van der Waals surface area contributed by atoms with E-state index in [1.165, 1.54) is 23.1 Å². The normalized spacial score (nSPS) is 11.1. The van der Waals surface area contributed by atoms with Crippen molar-refractivity contribution in [2.45, 2.75) is 13.8 Å². The summed E-state index contributed by atoms with van der Waals surface area (Å²) in [7, 11) is 0. The summed E-state index contributed by atoms with van der Waals surface area (Å²) < 4.78 is 13.0. The minimum Gasteiger partial charge on any atom is -0.358 e. The fraction of sp³-hybridized carbons (Fsp3) is 0.125. The van der Waals surface area contributed by atoms with Gasteiger partial charge in [-0.25, -0.2) is 4.39 Å². The molecule has 0 saturated heterocycles. The summed E-state index contributed by atoms with van der Waals surface area (Å²) in [5.41, 5.74) is 5.67. The number of aromatic amines is 1. The first kappa shape index (κ1) is 11.0. The summed E-state index contributed by atoms with van der Waals surface area (Å²) in [5, 5.41) is 1.19. The Labute approximate surface area is 105 Å². The first-order valence-corrected chi connectivity index (χ1v) is 6.00. The van der Waals surface area contributed by atoms with Crippen molar-refractivity contribution in [3.63, 3.8) is 0 Å². The molecule has 1 N–H and O–H groups in total. The van der Waals surface area contributed by atoms with Crippen LogP contribution < -0.4 is 0 Å². The molecule has 18 heavy (non-hydrogen) atoms. The molecule has 2 heteroatoms. The Kier molecular flexibility index (Phi) is 2.44. The average molecular weight is 239 g/mol. The summed E-state index contributed by atoms with van der Waals surface area (Å²) >= 11 is 0. The lowest BCUT2D eigenvalue weighted by atomic mass is 10.0. The van der Waals surface area contributed by atoms with Crippen LogP contribution in [0.5, 0.6) is 0 Å². The van der Waals surface area contributed by atoms with Crippen LogP contribution in [0.15, 0.2) is 42.5 Å². The van der Waals surface area contributed by atoms with Crippen LogP contribution in [0.2, 0.25) is 0 Å². The van der Waals surface area contributed by atoms with Gasteiger partial charge in [-0.05, 0) is 43.7 Å². The maximum Gasteiger partial charge on any atom is 0.123 e. The molecule has 1 heterocycles. The van der Waals surface area contributed by atoms with Crippen molar-refractivity contribution in [1.82, 2.24) is 4.98 Å².